The van der Waals surface area contributed by atoms with E-state index >= 15 is 0 Å². The molecule has 0 aliphatic carbocycles. The average Bonchev–Trinajstić information content (AvgIpc) is 2.28. The molecule has 15 heavy (non-hydrogen) atoms. The Morgan fingerprint density at radius 1 is 1.27 bits per heavy atom. The van der Waals surface area contributed by atoms with Gasteiger partial charge in [-0.15, -0.1) is 0 Å². The first-order chi connectivity index (χ1) is 7.23. The molecule has 2 heterocycles. The minimum atomic E-state index is 0.250. The first-order valence-corrected chi connectivity index (χ1v) is 6.20. The first kappa shape index (κ1) is 12.5. The van der Waals surface area contributed by atoms with Gasteiger partial charge in [0, 0.05) is 13.0 Å². The third kappa shape index (κ3) is 2.71. The number of piperidine rings is 2. The van der Waals surface area contributed by atoms with Crippen molar-refractivity contribution in [1.82, 2.24) is 10.6 Å². The lowest BCUT2D eigenvalue weighted by Crippen LogP contribution is -2.51. The number of nitrogens with one attached hydrogen (secondary N) is 2. The van der Waals surface area contributed by atoms with Crippen LogP contribution in [0.5, 0.6) is 0 Å². The van der Waals surface area contributed by atoms with Crippen LogP contribution in [-0.2, 0) is 4.79 Å². The zero-order valence-corrected chi connectivity index (χ0v) is 10.2. The zero-order chi connectivity index (χ0) is 11.3. The summed E-state index contributed by atoms with van der Waals surface area (Å²) in [6.07, 6.45) is 3.08. The molecule has 2 fully saturated rings. The molecule has 2 saturated heterocycles. The Bertz CT molecular complexity index is 210. The maximum atomic E-state index is 11.4. The number of hydrogen-bond donors (Lipinski definition) is 2. The van der Waals surface area contributed by atoms with Crippen molar-refractivity contribution in [3.8, 4) is 0 Å². The van der Waals surface area contributed by atoms with Gasteiger partial charge >= 0.3 is 0 Å². The van der Waals surface area contributed by atoms with Crippen LogP contribution < -0.4 is 10.6 Å². The van der Waals surface area contributed by atoms with Crippen molar-refractivity contribution in [3.05, 3.63) is 0 Å². The van der Waals surface area contributed by atoms with Gasteiger partial charge in [-0.3, -0.25) is 4.79 Å². The van der Waals surface area contributed by atoms with Gasteiger partial charge in [-0.05, 0) is 37.3 Å². The Kier molecular flexibility index (Phi) is 4.58. The maximum Gasteiger partial charge on any atom is 0.220 e. The molecule has 0 saturated carbocycles. The second-order valence-electron chi connectivity index (χ2n) is 4.49. The largest absolute Gasteiger partial charge is 0.356 e. The standard InChI is InChI=1S/C10H18N2O.C2H6/c1-8-7-12-9(13)6-10(8)2-4-11-5-3-10;1-2/h8,11H,2-7H2,1H3,(H,12,13);1-2H3. The van der Waals surface area contributed by atoms with Gasteiger partial charge in [-0.2, -0.15) is 0 Å². The lowest BCUT2D eigenvalue weighted by molar-refractivity contribution is -0.128. The van der Waals surface area contributed by atoms with Crippen LogP contribution in [-0.4, -0.2) is 25.5 Å². The molecule has 1 spiro atoms. The van der Waals surface area contributed by atoms with E-state index in [-0.39, 0.29) is 5.91 Å². The Balaban J connectivity index is 0.000000531. The van der Waals surface area contributed by atoms with E-state index in [2.05, 4.69) is 17.6 Å². The monoisotopic (exact) mass is 212 g/mol. The highest BCUT2D eigenvalue weighted by molar-refractivity contribution is 5.77. The fraction of sp³-hybridized carbons (Fsp3) is 0.917. The molecule has 1 unspecified atom stereocenters. The van der Waals surface area contributed by atoms with Gasteiger partial charge < -0.3 is 10.6 Å². The smallest absolute Gasteiger partial charge is 0.220 e. The molecule has 3 heteroatoms. The summed E-state index contributed by atoms with van der Waals surface area (Å²) < 4.78 is 0. The van der Waals surface area contributed by atoms with Crippen LogP contribution in [0.2, 0.25) is 0 Å². The topological polar surface area (TPSA) is 41.1 Å². The summed E-state index contributed by atoms with van der Waals surface area (Å²) in [6.45, 7) is 9.30. The summed E-state index contributed by atoms with van der Waals surface area (Å²) in [5, 5.41) is 6.30. The van der Waals surface area contributed by atoms with Crippen molar-refractivity contribution in [2.45, 2.75) is 40.0 Å². The summed E-state index contributed by atoms with van der Waals surface area (Å²) >= 11 is 0. The summed E-state index contributed by atoms with van der Waals surface area (Å²) in [5.74, 6) is 0.896. The second kappa shape index (κ2) is 5.50. The molecule has 0 radical (unpaired) electrons. The number of amides is 1. The van der Waals surface area contributed by atoms with Crippen LogP contribution >= 0.6 is 0 Å². The van der Waals surface area contributed by atoms with Gasteiger partial charge in [0.1, 0.15) is 0 Å². The van der Waals surface area contributed by atoms with Crippen LogP contribution in [0.4, 0.5) is 0 Å². The van der Waals surface area contributed by atoms with Crippen molar-refractivity contribution in [3.63, 3.8) is 0 Å². The number of carbonyl (C=O) groups excluding carboxylic acids is 1. The quantitative estimate of drug-likeness (QED) is 0.639. The number of hydrogen-bond acceptors (Lipinski definition) is 2. The van der Waals surface area contributed by atoms with Crippen LogP contribution in [0, 0.1) is 11.3 Å². The Hall–Kier alpha value is -0.570. The molecule has 2 rings (SSSR count). The molecule has 2 aliphatic heterocycles. The van der Waals surface area contributed by atoms with Gasteiger partial charge in [0.05, 0.1) is 0 Å². The molecule has 2 aliphatic rings. The average molecular weight is 212 g/mol. The predicted molar refractivity (Wildman–Crippen MR) is 62.7 cm³/mol. The highest BCUT2D eigenvalue weighted by Crippen LogP contribution is 2.41. The van der Waals surface area contributed by atoms with E-state index in [1.165, 1.54) is 12.8 Å². The van der Waals surface area contributed by atoms with Gasteiger partial charge in [0.15, 0.2) is 0 Å². The number of carbonyl (C=O) groups is 1. The van der Waals surface area contributed by atoms with Crippen molar-refractivity contribution in [2.24, 2.45) is 11.3 Å². The molecular weight excluding hydrogens is 188 g/mol. The molecule has 0 bridgehead atoms. The third-order valence-corrected chi connectivity index (χ3v) is 3.76. The molecule has 1 amide bonds. The molecule has 0 aromatic carbocycles. The lowest BCUT2D eigenvalue weighted by atomic mass is 9.66. The molecule has 2 N–H and O–H groups in total. The Morgan fingerprint density at radius 2 is 1.87 bits per heavy atom. The van der Waals surface area contributed by atoms with Crippen molar-refractivity contribution < 1.29 is 4.79 Å². The molecule has 0 aromatic rings. The summed E-state index contributed by atoms with van der Waals surface area (Å²) in [4.78, 5) is 11.4. The summed E-state index contributed by atoms with van der Waals surface area (Å²) in [5.41, 5.74) is 0.313. The summed E-state index contributed by atoms with van der Waals surface area (Å²) in [7, 11) is 0. The highest BCUT2D eigenvalue weighted by Gasteiger charge is 2.41. The minimum absolute atomic E-state index is 0.250. The SMILES string of the molecule is CC.CC1CNC(=O)CC12CCNCC2. The highest BCUT2D eigenvalue weighted by atomic mass is 16.1. The zero-order valence-electron chi connectivity index (χ0n) is 10.2. The van der Waals surface area contributed by atoms with Crippen LogP contribution in [0.3, 0.4) is 0 Å². The van der Waals surface area contributed by atoms with E-state index in [1.807, 2.05) is 13.8 Å². The van der Waals surface area contributed by atoms with E-state index in [4.69, 9.17) is 0 Å². The third-order valence-electron chi connectivity index (χ3n) is 3.76. The second-order valence-corrected chi connectivity index (χ2v) is 4.49. The van der Waals surface area contributed by atoms with E-state index < -0.39 is 0 Å². The van der Waals surface area contributed by atoms with E-state index in [0.717, 1.165) is 26.1 Å². The maximum absolute atomic E-state index is 11.4. The molecule has 3 nitrogen and oxygen atoms in total. The molecule has 88 valence electrons. The Morgan fingerprint density at radius 3 is 2.47 bits per heavy atom. The minimum Gasteiger partial charge on any atom is -0.356 e. The first-order valence-electron chi connectivity index (χ1n) is 6.20. The summed E-state index contributed by atoms with van der Waals surface area (Å²) in [6, 6.07) is 0. The fourth-order valence-corrected chi connectivity index (χ4v) is 2.63. The van der Waals surface area contributed by atoms with Gasteiger partial charge in [-0.1, -0.05) is 20.8 Å². The van der Waals surface area contributed by atoms with Crippen molar-refractivity contribution in [1.29, 1.82) is 0 Å². The lowest BCUT2D eigenvalue weighted by Gasteiger charge is -2.45. The Labute approximate surface area is 93.0 Å². The van der Waals surface area contributed by atoms with Gasteiger partial charge in [0.2, 0.25) is 5.91 Å². The van der Waals surface area contributed by atoms with E-state index in [1.54, 1.807) is 0 Å². The van der Waals surface area contributed by atoms with E-state index in [9.17, 15) is 4.79 Å². The number of rotatable bonds is 0. The normalized spacial score (nSPS) is 29.0. The van der Waals surface area contributed by atoms with Crippen molar-refractivity contribution >= 4 is 5.91 Å². The predicted octanol–water partition coefficient (Wildman–Crippen LogP) is 1.54. The van der Waals surface area contributed by atoms with E-state index in [0.29, 0.717) is 11.3 Å². The van der Waals surface area contributed by atoms with Crippen LogP contribution in [0.25, 0.3) is 0 Å². The van der Waals surface area contributed by atoms with Gasteiger partial charge in [-0.25, -0.2) is 0 Å². The molecule has 1 atom stereocenters. The van der Waals surface area contributed by atoms with Crippen LogP contribution in [0.15, 0.2) is 0 Å². The van der Waals surface area contributed by atoms with Crippen molar-refractivity contribution in [2.75, 3.05) is 19.6 Å². The fourth-order valence-electron chi connectivity index (χ4n) is 2.63. The molecular formula is C12H24N2O. The molecule has 0 aromatic heterocycles. The van der Waals surface area contributed by atoms with Crippen LogP contribution in [0.1, 0.15) is 40.0 Å². The van der Waals surface area contributed by atoms with Gasteiger partial charge in [0.25, 0.3) is 0 Å².